The van der Waals surface area contributed by atoms with Gasteiger partial charge in [-0.15, -0.1) is 5.46 Å². The molecule has 112 valence electrons. The summed E-state index contributed by atoms with van der Waals surface area (Å²) in [5.74, 6) is 0. The van der Waals surface area contributed by atoms with E-state index in [2.05, 4.69) is 10.2 Å². The van der Waals surface area contributed by atoms with Crippen LogP contribution >= 0.6 is 0 Å². The average molecular weight is 325 g/mol. The Kier molecular flexibility index (Phi) is 7.24. The van der Waals surface area contributed by atoms with E-state index in [0.29, 0.717) is 12.1 Å². The van der Waals surface area contributed by atoms with Gasteiger partial charge in [0, 0.05) is 38.4 Å². The van der Waals surface area contributed by atoms with Crippen LogP contribution in [0.5, 0.6) is 0 Å². The predicted molar refractivity (Wildman–Crippen MR) is 77.2 cm³/mol. The molecule has 0 spiro atoms. The molecule has 1 aromatic rings. The first-order valence-corrected chi connectivity index (χ1v) is 6.82. The van der Waals surface area contributed by atoms with Crippen LogP contribution in [0.15, 0.2) is 6.07 Å². The Morgan fingerprint density at radius 2 is 1.76 bits per heavy atom. The maximum Gasteiger partial charge on any atom is 1.00 e. The molecule has 21 heavy (non-hydrogen) atoms. The maximum atomic E-state index is 13.1. The predicted octanol–water partition coefficient (Wildman–Crippen LogP) is -1.65. The molecule has 8 heteroatoms. The van der Waals surface area contributed by atoms with E-state index >= 15 is 0 Å². The van der Waals surface area contributed by atoms with Gasteiger partial charge in [-0.3, -0.25) is 4.90 Å². The summed E-state index contributed by atoms with van der Waals surface area (Å²) in [5, 5.41) is 3.23. The fraction of sp³-hybridized carbons (Fsp3) is 0.538. The van der Waals surface area contributed by atoms with Crippen LogP contribution in [0.25, 0.3) is 0 Å². The number of nitrogen functional groups attached to an aromatic ring is 1. The summed E-state index contributed by atoms with van der Waals surface area (Å²) in [4.78, 5) is 2.15. The van der Waals surface area contributed by atoms with Gasteiger partial charge in [0.05, 0.1) is 0 Å². The summed E-state index contributed by atoms with van der Waals surface area (Å²) < 4.78 is 39.3. The van der Waals surface area contributed by atoms with Gasteiger partial charge in [-0.25, -0.2) is 0 Å². The number of benzene rings is 1. The van der Waals surface area contributed by atoms with E-state index in [1.165, 1.54) is 13.0 Å². The Bertz CT molecular complexity index is 502. The minimum absolute atomic E-state index is 0. The second-order valence-electron chi connectivity index (χ2n) is 5.39. The molecule has 3 nitrogen and oxygen atoms in total. The Morgan fingerprint density at radius 3 is 2.29 bits per heavy atom. The number of piperazine rings is 1. The van der Waals surface area contributed by atoms with Crippen molar-refractivity contribution in [2.75, 3.05) is 31.9 Å². The molecule has 0 saturated carbocycles. The van der Waals surface area contributed by atoms with Gasteiger partial charge in [-0.05, 0) is 25.0 Å². The molecule has 0 aliphatic carbocycles. The van der Waals surface area contributed by atoms with Gasteiger partial charge in [-0.2, -0.15) is 0 Å². The summed E-state index contributed by atoms with van der Waals surface area (Å²) in [6, 6.07) is 1.28. The number of nitrogens with one attached hydrogen (secondary N) is 1. The van der Waals surface area contributed by atoms with Crippen molar-refractivity contribution in [3.05, 3.63) is 22.8 Å². The number of anilines is 1. The largest absolute Gasteiger partial charge is 1.00 e. The van der Waals surface area contributed by atoms with Crippen molar-refractivity contribution in [3.63, 3.8) is 0 Å². The minimum Gasteiger partial charge on any atom is -0.445 e. The minimum atomic E-state index is -5.02. The van der Waals surface area contributed by atoms with Crippen molar-refractivity contribution in [3.8, 4) is 0 Å². The van der Waals surface area contributed by atoms with Crippen molar-refractivity contribution in [1.82, 2.24) is 10.2 Å². The molecule has 1 aromatic carbocycles. The van der Waals surface area contributed by atoms with Crippen LogP contribution in [-0.4, -0.2) is 38.1 Å². The van der Waals surface area contributed by atoms with E-state index in [1.54, 1.807) is 6.92 Å². The molecule has 0 radical (unpaired) electrons. The molecule has 1 aliphatic heterocycles. The summed E-state index contributed by atoms with van der Waals surface area (Å²) in [5.41, 5.74) is 7.18. The van der Waals surface area contributed by atoms with Gasteiger partial charge < -0.3 is 24.0 Å². The fourth-order valence-electron chi connectivity index (χ4n) is 2.63. The van der Waals surface area contributed by atoms with Crippen LogP contribution < -0.4 is 67.9 Å². The summed E-state index contributed by atoms with van der Waals surface area (Å²) in [6.07, 6.45) is 0. The molecule has 1 aliphatic rings. The second kappa shape index (κ2) is 7.81. The van der Waals surface area contributed by atoms with Gasteiger partial charge in [0.1, 0.15) is 0 Å². The smallest absolute Gasteiger partial charge is 0.445 e. The van der Waals surface area contributed by atoms with E-state index in [0.717, 1.165) is 31.7 Å². The number of hydrogen-bond donors (Lipinski definition) is 2. The van der Waals surface area contributed by atoms with Gasteiger partial charge in [0.15, 0.2) is 0 Å². The zero-order chi connectivity index (χ0) is 14.9. The molecule has 0 atom stereocenters. The van der Waals surface area contributed by atoms with Crippen LogP contribution in [0.3, 0.4) is 0 Å². The quantitative estimate of drug-likeness (QED) is 0.517. The van der Waals surface area contributed by atoms with Crippen molar-refractivity contribution < 1.29 is 64.3 Å². The number of nitrogens with two attached hydrogens (primary N) is 1. The molecular formula is C13H20BF3KN3. The first kappa shape index (κ1) is 19.5. The first-order valence-electron chi connectivity index (χ1n) is 6.82. The molecule has 2 rings (SSSR count). The van der Waals surface area contributed by atoms with Gasteiger partial charge in [-0.1, -0.05) is 11.6 Å². The van der Waals surface area contributed by atoms with Crippen LogP contribution in [0, 0.1) is 13.8 Å². The van der Waals surface area contributed by atoms with E-state index in [1.807, 2.05) is 0 Å². The summed E-state index contributed by atoms with van der Waals surface area (Å²) >= 11 is 0. The molecule has 0 bridgehead atoms. The Balaban J connectivity index is 0.00000220. The number of halogens is 3. The average Bonchev–Trinajstić information content (AvgIpc) is 2.39. The fourth-order valence-corrected chi connectivity index (χ4v) is 2.63. The van der Waals surface area contributed by atoms with Crippen molar-refractivity contribution in [2.45, 2.75) is 20.4 Å². The van der Waals surface area contributed by atoms with E-state index in [4.69, 9.17) is 5.73 Å². The Hall–Kier alpha value is 0.431. The number of hydrogen-bond acceptors (Lipinski definition) is 3. The molecule has 0 aromatic heterocycles. The molecule has 1 heterocycles. The third-order valence-corrected chi connectivity index (χ3v) is 4.01. The molecule has 0 unspecified atom stereocenters. The normalized spacial score (nSPS) is 16.6. The molecule has 0 amide bonds. The number of nitrogens with zero attached hydrogens (tertiary/aromatic N) is 1. The molecule has 1 fully saturated rings. The Morgan fingerprint density at radius 1 is 1.19 bits per heavy atom. The standard InChI is InChI=1S/C13H20BF3N3.K/c1-9-11(8-20-5-3-19-4-6-20)7-12(14(15,16)17)10(2)13(9)18;/h7,19H,3-6,8,18H2,1-2H3;/q-1;+1. The summed E-state index contributed by atoms with van der Waals surface area (Å²) in [7, 11) is 0. The summed E-state index contributed by atoms with van der Waals surface area (Å²) in [6.45, 7) is 2.18. The van der Waals surface area contributed by atoms with Crippen LogP contribution in [0.2, 0.25) is 0 Å². The molecule has 3 N–H and O–H groups in total. The third kappa shape index (κ3) is 4.70. The maximum absolute atomic E-state index is 13.1. The number of rotatable bonds is 3. The van der Waals surface area contributed by atoms with Gasteiger partial charge in [0.2, 0.25) is 0 Å². The van der Waals surface area contributed by atoms with Crippen molar-refractivity contribution >= 4 is 18.1 Å². The van der Waals surface area contributed by atoms with Crippen LogP contribution in [-0.2, 0) is 6.54 Å². The Labute approximate surface area is 166 Å². The van der Waals surface area contributed by atoms with Gasteiger partial charge >= 0.3 is 58.4 Å². The van der Waals surface area contributed by atoms with Gasteiger partial charge in [0.25, 0.3) is 0 Å². The first-order chi connectivity index (χ1) is 9.30. The van der Waals surface area contributed by atoms with Crippen molar-refractivity contribution in [2.24, 2.45) is 0 Å². The SMILES string of the molecule is Cc1c(CN2CCNCC2)cc([B-](F)(F)F)c(C)c1N.[K+]. The topological polar surface area (TPSA) is 41.3 Å². The van der Waals surface area contributed by atoms with E-state index in [9.17, 15) is 12.9 Å². The second-order valence-corrected chi connectivity index (χ2v) is 5.39. The monoisotopic (exact) mass is 325 g/mol. The van der Waals surface area contributed by atoms with E-state index < -0.39 is 12.4 Å². The van der Waals surface area contributed by atoms with Crippen molar-refractivity contribution in [1.29, 1.82) is 0 Å². The zero-order valence-electron chi connectivity index (χ0n) is 12.8. The van der Waals surface area contributed by atoms with Crippen LogP contribution in [0.1, 0.15) is 16.7 Å². The van der Waals surface area contributed by atoms with Crippen LogP contribution in [0.4, 0.5) is 18.6 Å². The molecular weight excluding hydrogens is 305 g/mol. The zero-order valence-corrected chi connectivity index (χ0v) is 16.0. The van der Waals surface area contributed by atoms with E-state index in [-0.39, 0.29) is 62.6 Å². The third-order valence-electron chi connectivity index (χ3n) is 4.01. The molecule has 1 saturated heterocycles.